The van der Waals surface area contributed by atoms with Crippen molar-refractivity contribution in [3.8, 4) is 5.75 Å². The average molecular weight is 278 g/mol. The molecule has 4 heteroatoms. The minimum atomic E-state index is -0.447. The molecule has 0 aliphatic heterocycles. The molecular weight excluding hydrogens is 252 g/mol. The van der Waals surface area contributed by atoms with E-state index in [0.29, 0.717) is 5.92 Å². The smallest absolute Gasteiger partial charge is 0.238 e. The minimum Gasteiger partial charge on any atom is -0.491 e. The third kappa shape index (κ3) is 4.85. The maximum atomic E-state index is 11.4. The standard InChI is InChI=1S/C16H26N2O2/c1-5-8-18-14(16(17)19)10-20-15-9-13(11(2)3)7-6-12(15)4/h6-7,9,11,14,18H,5,8,10H2,1-4H3,(H2,17,19). The molecule has 1 unspecified atom stereocenters. The molecule has 20 heavy (non-hydrogen) atoms. The van der Waals surface area contributed by atoms with Gasteiger partial charge < -0.3 is 15.8 Å². The van der Waals surface area contributed by atoms with Crippen LogP contribution in [0.25, 0.3) is 0 Å². The Morgan fingerprint density at radius 2 is 2.10 bits per heavy atom. The summed E-state index contributed by atoms with van der Waals surface area (Å²) in [7, 11) is 0. The normalized spacial score (nSPS) is 12.4. The summed E-state index contributed by atoms with van der Waals surface area (Å²) in [6.45, 7) is 9.34. The Hall–Kier alpha value is -1.55. The van der Waals surface area contributed by atoms with E-state index < -0.39 is 6.04 Å². The lowest BCUT2D eigenvalue weighted by Crippen LogP contribution is -2.45. The molecule has 1 aromatic rings. The summed E-state index contributed by atoms with van der Waals surface area (Å²) in [5.41, 5.74) is 7.66. The summed E-state index contributed by atoms with van der Waals surface area (Å²) < 4.78 is 5.78. The Morgan fingerprint density at radius 3 is 2.65 bits per heavy atom. The zero-order chi connectivity index (χ0) is 15.1. The van der Waals surface area contributed by atoms with Crippen molar-refractivity contribution in [3.63, 3.8) is 0 Å². The number of amides is 1. The first-order valence-electron chi connectivity index (χ1n) is 7.21. The monoisotopic (exact) mass is 278 g/mol. The van der Waals surface area contributed by atoms with E-state index in [-0.39, 0.29) is 12.5 Å². The lowest BCUT2D eigenvalue weighted by Gasteiger charge is -2.18. The molecule has 1 aromatic carbocycles. The first kappa shape index (κ1) is 16.5. The number of nitrogens with one attached hydrogen (secondary N) is 1. The van der Waals surface area contributed by atoms with Gasteiger partial charge in [0.15, 0.2) is 0 Å². The van der Waals surface area contributed by atoms with Crippen LogP contribution in [-0.2, 0) is 4.79 Å². The largest absolute Gasteiger partial charge is 0.491 e. The lowest BCUT2D eigenvalue weighted by molar-refractivity contribution is -0.120. The quantitative estimate of drug-likeness (QED) is 0.767. The highest BCUT2D eigenvalue weighted by Crippen LogP contribution is 2.24. The number of carbonyl (C=O) groups is 1. The molecule has 0 aliphatic carbocycles. The number of rotatable bonds is 8. The van der Waals surface area contributed by atoms with E-state index in [9.17, 15) is 4.79 Å². The van der Waals surface area contributed by atoms with Crippen molar-refractivity contribution >= 4 is 5.91 Å². The fourth-order valence-electron chi connectivity index (χ4n) is 1.86. The Morgan fingerprint density at radius 1 is 1.40 bits per heavy atom. The highest BCUT2D eigenvalue weighted by Gasteiger charge is 2.15. The van der Waals surface area contributed by atoms with Gasteiger partial charge in [0, 0.05) is 0 Å². The highest BCUT2D eigenvalue weighted by molar-refractivity contribution is 5.80. The van der Waals surface area contributed by atoms with Crippen LogP contribution in [0, 0.1) is 6.92 Å². The topological polar surface area (TPSA) is 64.3 Å². The van der Waals surface area contributed by atoms with Crippen LogP contribution in [0.4, 0.5) is 0 Å². The molecule has 0 radical (unpaired) electrons. The van der Waals surface area contributed by atoms with Crippen LogP contribution in [0.5, 0.6) is 5.75 Å². The number of nitrogens with two attached hydrogens (primary N) is 1. The molecule has 112 valence electrons. The SMILES string of the molecule is CCCNC(COc1cc(C(C)C)ccc1C)C(N)=O. The second-order valence-corrected chi connectivity index (χ2v) is 5.40. The number of hydrogen-bond acceptors (Lipinski definition) is 3. The van der Waals surface area contributed by atoms with Crippen molar-refractivity contribution < 1.29 is 9.53 Å². The second-order valence-electron chi connectivity index (χ2n) is 5.40. The summed E-state index contributed by atoms with van der Waals surface area (Å²) in [5.74, 6) is 0.889. The number of aryl methyl sites for hydroxylation is 1. The van der Waals surface area contributed by atoms with Crippen molar-refractivity contribution in [2.24, 2.45) is 5.73 Å². The van der Waals surface area contributed by atoms with Crippen LogP contribution in [-0.4, -0.2) is 25.1 Å². The van der Waals surface area contributed by atoms with Crippen LogP contribution < -0.4 is 15.8 Å². The highest BCUT2D eigenvalue weighted by atomic mass is 16.5. The van der Waals surface area contributed by atoms with Crippen LogP contribution in [0.15, 0.2) is 18.2 Å². The Labute approximate surface area is 121 Å². The van der Waals surface area contributed by atoms with E-state index >= 15 is 0 Å². The molecule has 1 amide bonds. The maximum absolute atomic E-state index is 11.4. The number of hydrogen-bond donors (Lipinski definition) is 2. The average Bonchev–Trinajstić information content (AvgIpc) is 2.39. The van der Waals surface area contributed by atoms with Gasteiger partial charge in [-0.2, -0.15) is 0 Å². The van der Waals surface area contributed by atoms with Crippen LogP contribution >= 0.6 is 0 Å². The predicted octanol–water partition coefficient (Wildman–Crippen LogP) is 2.35. The summed E-state index contributed by atoms with van der Waals surface area (Å²) in [6, 6.07) is 5.74. The Kier molecular flexibility index (Phi) is 6.52. The van der Waals surface area contributed by atoms with Crippen LogP contribution in [0.2, 0.25) is 0 Å². The van der Waals surface area contributed by atoms with Gasteiger partial charge in [-0.25, -0.2) is 0 Å². The summed E-state index contributed by atoms with van der Waals surface area (Å²) >= 11 is 0. The van der Waals surface area contributed by atoms with E-state index in [1.807, 2.05) is 26.0 Å². The van der Waals surface area contributed by atoms with Crippen molar-refractivity contribution in [2.45, 2.75) is 46.1 Å². The van der Waals surface area contributed by atoms with E-state index in [1.165, 1.54) is 5.56 Å². The van der Waals surface area contributed by atoms with Gasteiger partial charge in [-0.3, -0.25) is 4.79 Å². The van der Waals surface area contributed by atoms with Crippen molar-refractivity contribution in [1.82, 2.24) is 5.32 Å². The molecule has 0 spiro atoms. The van der Waals surface area contributed by atoms with Crippen LogP contribution in [0.1, 0.15) is 44.2 Å². The second kappa shape index (κ2) is 7.90. The van der Waals surface area contributed by atoms with Gasteiger partial charge in [-0.05, 0) is 43.0 Å². The molecule has 0 aliphatic rings. The Balaban J connectivity index is 2.71. The molecule has 0 bridgehead atoms. The van der Waals surface area contributed by atoms with Gasteiger partial charge in [0.05, 0.1) is 0 Å². The fourth-order valence-corrected chi connectivity index (χ4v) is 1.86. The minimum absolute atomic E-state index is 0.262. The molecule has 0 saturated heterocycles. The number of primary amides is 1. The number of carbonyl (C=O) groups excluding carboxylic acids is 1. The van der Waals surface area contributed by atoms with E-state index in [2.05, 4.69) is 25.2 Å². The summed E-state index contributed by atoms with van der Waals surface area (Å²) in [5, 5.41) is 3.10. The fraction of sp³-hybridized carbons (Fsp3) is 0.562. The molecule has 3 N–H and O–H groups in total. The van der Waals surface area contributed by atoms with Gasteiger partial charge in [0.25, 0.3) is 0 Å². The third-order valence-electron chi connectivity index (χ3n) is 3.27. The molecule has 1 atom stereocenters. The van der Waals surface area contributed by atoms with Crippen molar-refractivity contribution in [1.29, 1.82) is 0 Å². The number of ether oxygens (including phenoxy) is 1. The van der Waals surface area contributed by atoms with Gasteiger partial charge in [0.2, 0.25) is 5.91 Å². The van der Waals surface area contributed by atoms with E-state index in [0.717, 1.165) is 24.3 Å². The van der Waals surface area contributed by atoms with Gasteiger partial charge in [-0.15, -0.1) is 0 Å². The lowest BCUT2D eigenvalue weighted by atomic mass is 10.0. The zero-order valence-corrected chi connectivity index (χ0v) is 12.9. The summed E-state index contributed by atoms with van der Waals surface area (Å²) in [6.07, 6.45) is 0.950. The van der Waals surface area contributed by atoms with Gasteiger partial charge >= 0.3 is 0 Å². The summed E-state index contributed by atoms with van der Waals surface area (Å²) in [4.78, 5) is 11.4. The molecule has 0 aromatic heterocycles. The maximum Gasteiger partial charge on any atom is 0.238 e. The first-order chi connectivity index (χ1) is 9.45. The molecule has 1 rings (SSSR count). The zero-order valence-electron chi connectivity index (χ0n) is 12.9. The first-order valence-corrected chi connectivity index (χ1v) is 7.21. The molecule has 0 saturated carbocycles. The molecule has 4 nitrogen and oxygen atoms in total. The predicted molar refractivity (Wildman–Crippen MR) is 82.0 cm³/mol. The Bertz CT molecular complexity index is 444. The molecule has 0 heterocycles. The van der Waals surface area contributed by atoms with Gasteiger partial charge in [0.1, 0.15) is 18.4 Å². The molecular formula is C16H26N2O2. The van der Waals surface area contributed by atoms with Crippen LogP contribution in [0.3, 0.4) is 0 Å². The molecule has 0 fully saturated rings. The number of benzene rings is 1. The van der Waals surface area contributed by atoms with Crippen molar-refractivity contribution in [2.75, 3.05) is 13.2 Å². The van der Waals surface area contributed by atoms with Gasteiger partial charge in [-0.1, -0.05) is 32.9 Å². The van der Waals surface area contributed by atoms with Crippen molar-refractivity contribution in [3.05, 3.63) is 29.3 Å². The third-order valence-corrected chi connectivity index (χ3v) is 3.27. The van der Waals surface area contributed by atoms with E-state index in [4.69, 9.17) is 10.5 Å². The van der Waals surface area contributed by atoms with E-state index in [1.54, 1.807) is 0 Å².